The maximum atomic E-state index is 6.14. The average molecular weight is 385 g/mol. The number of nitrogens with one attached hydrogen (secondary N) is 2. The van der Waals surface area contributed by atoms with E-state index >= 15 is 0 Å². The van der Waals surface area contributed by atoms with Crippen LogP contribution in [0.5, 0.6) is 11.5 Å². The van der Waals surface area contributed by atoms with Gasteiger partial charge in [0.2, 0.25) is 5.11 Å². The first-order valence-electron chi connectivity index (χ1n) is 6.88. The summed E-state index contributed by atoms with van der Waals surface area (Å²) in [6.07, 6.45) is 1.70. The number of benzene rings is 2. The van der Waals surface area contributed by atoms with Gasteiger partial charge in [-0.1, -0.05) is 29.3 Å². The van der Waals surface area contributed by atoms with Crippen molar-refractivity contribution in [2.75, 3.05) is 7.11 Å². The maximum absolute atomic E-state index is 6.14. The van der Waals surface area contributed by atoms with Crippen LogP contribution in [0.25, 0.3) is 0 Å². The highest BCUT2D eigenvalue weighted by atomic mass is 35.5. The number of hydrogen-bond donors (Lipinski definition) is 3. The quantitative estimate of drug-likeness (QED) is 0.402. The molecule has 0 saturated heterocycles. The van der Waals surface area contributed by atoms with E-state index in [1.807, 2.05) is 18.2 Å². The number of hydrazine groups is 1. The molecule has 0 atom stereocenters. The molecule has 0 unspecified atom stereocenters. The van der Waals surface area contributed by atoms with Gasteiger partial charge in [0.25, 0.3) is 0 Å². The Labute approximate surface area is 155 Å². The number of ether oxygens (including phenoxy) is 2. The predicted octanol–water partition coefficient (Wildman–Crippen LogP) is 1.83. The number of methoxy groups -OCH3 is 1. The van der Waals surface area contributed by atoms with Crippen molar-refractivity contribution in [2.24, 2.45) is 5.73 Å². The molecule has 126 valence electrons. The molecule has 0 aliphatic carbocycles. The Balaban J connectivity index is 2.09. The van der Waals surface area contributed by atoms with Gasteiger partial charge < -0.3 is 15.2 Å². The molecule has 8 heteroatoms. The molecular formula is C16H16Cl2N3O2S+. The van der Waals surface area contributed by atoms with Crippen LogP contribution in [-0.2, 0) is 6.61 Å². The molecule has 0 radical (unpaired) electrons. The van der Waals surface area contributed by atoms with Crippen LogP contribution in [0.2, 0.25) is 10.0 Å². The van der Waals surface area contributed by atoms with E-state index in [0.717, 1.165) is 11.1 Å². The average Bonchev–Trinajstić information content (AvgIpc) is 2.54. The van der Waals surface area contributed by atoms with E-state index in [2.05, 4.69) is 10.5 Å². The summed E-state index contributed by atoms with van der Waals surface area (Å²) in [5.41, 5.74) is 9.63. The van der Waals surface area contributed by atoms with Crippen LogP contribution in [0.4, 0.5) is 0 Å². The summed E-state index contributed by atoms with van der Waals surface area (Å²) >= 11 is 16.7. The third kappa shape index (κ3) is 5.26. The zero-order chi connectivity index (χ0) is 17.5. The standard InChI is InChI=1S/C16H15Cl2N3O2S/c1-22-15-6-10(8-20-21-16(19)24)2-5-14(15)23-9-11-3-4-12(17)7-13(11)18/h2-8H,9H2,1H3,(H3,19,21,24)/p+1. The molecule has 5 nitrogen and oxygen atoms in total. The van der Waals surface area contributed by atoms with Crippen molar-refractivity contribution in [2.45, 2.75) is 6.61 Å². The third-order valence-corrected chi connectivity index (χ3v) is 3.71. The van der Waals surface area contributed by atoms with Crippen LogP contribution in [0.15, 0.2) is 36.4 Å². The molecule has 0 saturated carbocycles. The van der Waals surface area contributed by atoms with Crippen molar-refractivity contribution in [1.82, 2.24) is 5.43 Å². The summed E-state index contributed by atoms with van der Waals surface area (Å²) in [6, 6.07) is 10.7. The molecule has 0 spiro atoms. The predicted molar refractivity (Wildman–Crippen MR) is 99.8 cm³/mol. The SMILES string of the molecule is COc1cc(C=[NH+]NC(N)=S)ccc1OCc1ccc(Cl)cc1Cl. The molecule has 0 aliphatic rings. The zero-order valence-corrected chi connectivity index (χ0v) is 15.1. The highest BCUT2D eigenvalue weighted by molar-refractivity contribution is 7.80. The second-order valence-electron chi connectivity index (χ2n) is 4.71. The van der Waals surface area contributed by atoms with Crippen LogP contribution in [0.1, 0.15) is 11.1 Å². The summed E-state index contributed by atoms with van der Waals surface area (Å²) in [6.45, 7) is 0.302. The van der Waals surface area contributed by atoms with Gasteiger partial charge in [-0.3, -0.25) is 0 Å². The first-order chi connectivity index (χ1) is 11.5. The van der Waals surface area contributed by atoms with Gasteiger partial charge in [-0.2, -0.15) is 0 Å². The molecule has 2 aromatic carbocycles. The first kappa shape index (κ1) is 18.3. The first-order valence-corrected chi connectivity index (χ1v) is 8.05. The second kappa shape index (κ2) is 8.73. The van der Waals surface area contributed by atoms with E-state index in [4.69, 9.17) is 50.6 Å². The fraction of sp³-hybridized carbons (Fsp3) is 0.125. The van der Waals surface area contributed by atoms with E-state index in [9.17, 15) is 0 Å². The van der Waals surface area contributed by atoms with Crippen LogP contribution in [0.3, 0.4) is 0 Å². The van der Waals surface area contributed by atoms with E-state index in [-0.39, 0.29) is 5.11 Å². The Bertz CT molecular complexity index is 769. The molecule has 2 aromatic rings. The van der Waals surface area contributed by atoms with Crippen molar-refractivity contribution in [3.63, 3.8) is 0 Å². The summed E-state index contributed by atoms with van der Waals surface area (Å²) in [5.74, 6) is 1.19. The van der Waals surface area contributed by atoms with E-state index < -0.39 is 0 Å². The third-order valence-electron chi connectivity index (χ3n) is 3.02. The number of thiocarbonyl (C=S) groups is 1. The summed E-state index contributed by atoms with van der Waals surface area (Å²) in [5, 5.41) is 4.06. The van der Waals surface area contributed by atoms with Crippen molar-refractivity contribution >= 4 is 46.7 Å². The van der Waals surface area contributed by atoms with Crippen molar-refractivity contribution in [3.05, 3.63) is 57.6 Å². The molecule has 0 aromatic heterocycles. The molecule has 4 N–H and O–H groups in total. The lowest BCUT2D eigenvalue weighted by Gasteiger charge is -2.12. The highest BCUT2D eigenvalue weighted by Gasteiger charge is 2.08. The molecule has 0 fully saturated rings. The maximum Gasteiger partial charge on any atom is 0.221 e. The van der Waals surface area contributed by atoms with Crippen LogP contribution in [-0.4, -0.2) is 18.4 Å². The van der Waals surface area contributed by atoms with Gasteiger partial charge in [-0.05, 0) is 42.5 Å². The summed E-state index contributed by atoms with van der Waals surface area (Å²) in [4.78, 5) is 0. The summed E-state index contributed by atoms with van der Waals surface area (Å²) < 4.78 is 11.1. The van der Waals surface area contributed by atoms with E-state index in [1.54, 1.807) is 31.5 Å². The summed E-state index contributed by atoms with van der Waals surface area (Å²) in [7, 11) is 1.57. The molecule has 2 rings (SSSR count). The lowest BCUT2D eigenvalue weighted by Crippen LogP contribution is -2.82. The topological polar surface area (TPSA) is 70.5 Å². The largest absolute Gasteiger partial charge is 0.493 e. The van der Waals surface area contributed by atoms with Crippen molar-refractivity contribution in [3.8, 4) is 11.5 Å². The van der Waals surface area contributed by atoms with Crippen molar-refractivity contribution in [1.29, 1.82) is 0 Å². The Morgan fingerprint density at radius 2 is 2.04 bits per heavy atom. The fourth-order valence-electron chi connectivity index (χ4n) is 1.88. The minimum atomic E-state index is 0.151. The van der Waals surface area contributed by atoms with E-state index in [1.165, 1.54) is 0 Å². The molecule has 24 heavy (non-hydrogen) atoms. The minimum Gasteiger partial charge on any atom is -0.493 e. The van der Waals surface area contributed by atoms with Gasteiger partial charge in [0, 0.05) is 21.2 Å². The normalized spacial score (nSPS) is 10.6. The lowest BCUT2D eigenvalue weighted by molar-refractivity contribution is -0.499. The molecule has 0 bridgehead atoms. The van der Waals surface area contributed by atoms with Gasteiger partial charge in [-0.15, -0.1) is 10.5 Å². The van der Waals surface area contributed by atoms with Gasteiger partial charge >= 0.3 is 0 Å². The second-order valence-corrected chi connectivity index (χ2v) is 6.00. The molecule has 0 amide bonds. The van der Waals surface area contributed by atoms with Crippen LogP contribution < -0.4 is 25.7 Å². The molecule has 0 aliphatic heterocycles. The zero-order valence-electron chi connectivity index (χ0n) is 12.8. The van der Waals surface area contributed by atoms with Gasteiger partial charge in [0.15, 0.2) is 17.7 Å². The van der Waals surface area contributed by atoms with Gasteiger partial charge in [0.05, 0.1) is 7.11 Å². The van der Waals surface area contributed by atoms with Gasteiger partial charge in [0.1, 0.15) is 6.61 Å². The molecule has 0 heterocycles. The van der Waals surface area contributed by atoms with Crippen LogP contribution in [0, 0.1) is 0 Å². The number of halogens is 2. The monoisotopic (exact) mass is 384 g/mol. The Hall–Kier alpha value is -2.02. The lowest BCUT2D eigenvalue weighted by atomic mass is 10.2. The number of hydrogen-bond acceptors (Lipinski definition) is 3. The van der Waals surface area contributed by atoms with E-state index in [0.29, 0.717) is 28.2 Å². The Kier molecular flexibility index (Phi) is 6.66. The Morgan fingerprint density at radius 1 is 1.25 bits per heavy atom. The van der Waals surface area contributed by atoms with Crippen LogP contribution >= 0.6 is 35.4 Å². The Morgan fingerprint density at radius 3 is 2.71 bits per heavy atom. The smallest absolute Gasteiger partial charge is 0.221 e. The number of nitrogens with two attached hydrogens (primary N) is 1. The fourth-order valence-corrected chi connectivity index (χ4v) is 2.40. The molecular weight excluding hydrogens is 369 g/mol. The van der Waals surface area contributed by atoms with Crippen molar-refractivity contribution < 1.29 is 14.6 Å². The van der Waals surface area contributed by atoms with Gasteiger partial charge in [-0.25, -0.2) is 0 Å². The minimum absolute atomic E-state index is 0.151. The highest BCUT2D eigenvalue weighted by Crippen LogP contribution is 2.29. The number of hydrazone groups is 1. The number of rotatable bonds is 6.